The summed E-state index contributed by atoms with van der Waals surface area (Å²) >= 11 is 0. The lowest BCUT2D eigenvalue weighted by atomic mass is 9.84. The molecule has 2 unspecified atom stereocenters. The van der Waals surface area contributed by atoms with Crippen LogP contribution in [0, 0.1) is 5.92 Å². The van der Waals surface area contributed by atoms with Crippen molar-refractivity contribution in [3.8, 4) is 22.9 Å². The van der Waals surface area contributed by atoms with Crippen molar-refractivity contribution in [1.29, 1.82) is 0 Å². The number of methoxy groups -OCH3 is 2. The Kier molecular flexibility index (Phi) is 10.2. The summed E-state index contributed by atoms with van der Waals surface area (Å²) in [4.78, 5) is 30.3. The van der Waals surface area contributed by atoms with Gasteiger partial charge in [0, 0.05) is 5.56 Å². The molecule has 0 aliphatic heterocycles. The zero-order chi connectivity index (χ0) is 29.2. The minimum absolute atomic E-state index is 0.0241. The van der Waals surface area contributed by atoms with Gasteiger partial charge in [0.1, 0.15) is 6.04 Å². The second-order valence-corrected chi connectivity index (χ2v) is 10.3. The maximum atomic E-state index is 13.5. The van der Waals surface area contributed by atoms with Crippen LogP contribution in [0.4, 0.5) is 0 Å². The molecule has 12 heteroatoms. The molecule has 1 aliphatic rings. The molecular formula is C29H38N8O4. The second-order valence-electron chi connectivity index (χ2n) is 10.3. The van der Waals surface area contributed by atoms with E-state index in [9.17, 15) is 9.59 Å². The highest BCUT2D eigenvalue weighted by atomic mass is 16.5. The van der Waals surface area contributed by atoms with Crippen molar-refractivity contribution in [2.75, 3.05) is 14.2 Å². The van der Waals surface area contributed by atoms with Crippen LogP contribution in [0.15, 0.2) is 47.5 Å². The molecule has 218 valence electrons. The number of guanidine groups is 1. The number of carbonyl (C=O) groups is 2. The van der Waals surface area contributed by atoms with E-state index in [1.165, 1.54) is 13.5 Å². The molecule has 1 heterocycles. The second kappa shape index (κ2) is 14.2. The molecule has 0 radical (unpaired) electrons. The molecule has 41 heavy (non-hydrogen) atoms. The molecule has 2 aromatic carbocycles. The van der Waals surface area contributed by atoms with Gasteiger partial charge in [0.2, 0.25) is 5.91 Å². The van der Waals surface area contributed by atoms with Gasteiger partial charge < -0.3 is 25.8 Å². The van der Waals surface area contributed by atoms with Gasteiger partial charge >= 0.3 is 0 Å². The SMILES string of the molecule is COc1ccc(CC(=O)N=C(N)NC(CC2CCCCC2)C(=O)NC(C)c2cccc(-c3nnn[nH]3)c2)cc1OC. The first kappa shape index (κ1) is 29.5. The zero-order valence-corrected chi connectivity index (χ0v) is 23.7. The number of nitrogens with zero attached hydrogens (tertiary/aromatic N) is 4. The molecule has 5 N–H and O–H groups in total. The van der Waals surface area contributed by atoms with Crippen molar-refractivity contribution in [2.45, 2.75) is 64.0 Å². The van der Waals surface area contributed by atoms with Gasteiger partial charge in [-0.1, -0.05) is 56.4 Å². The van der Waals surface area contributed by atoms with Gasteiger partial charge in [-0.15, -0.1) is 5.10 Å². The van der Waals surface area contributed by atoms with Crippen LogP contribution in [0.1, 0.15) is 62.6 Å². The quantitative estimate of drug-likeness (QED) is 0.203. The summed E-state index contributed by atoms with van der Waals surface area (Å²) in [7, 11) is 3.08. The number of hydrogen-bond donors (Lipinski definition) is 4. The smallest absolute Gasteiger partial charge is 0.253 e. The number of aromatic nitrogens is 4. The van der Waals surface area contributed by atoms with Gasteiger partial charge in [0.05, 0.1) is 26.7 Å². The summed E-state index contributed by atoms with van der Waals surface area (Å²) in [6, 6.07) is 11.9. The molecule has 0 spiro atoms. The van der Waals surface area contributed by atoms with E-state index in [1.54, 1.807) is 25.3 Å². The summed E-state index contributed by atoms with van der Waals surface area (Å²) in [6.07, 6.45) is 6.24. The van der Waals surface area contributed by atoms with E-state index in [0.717, 1.165) is 36.8 Å². The van der Waals surface area contributed by atoms with Crippen LogP contribution in [0.25, 0.3) is 11.4 Å². The molecule has 12 nitrogen and oxygen atoms in total. The first-order valence-electron chi connectivity index (χ1n) is 13.8. The van der Waals surface area contributed by atoms with Crippen molar-refractivity contribution in [1.82, 2.24) is 31.3 Å². The van der Waals surface area contributed by atoms with Gasteiger partial charge in [0.15, 0.2) is 23.3 Å². The third kappa shape index (κ3) is 8.26. The number of nitrogens with one attached hydrogen (secondary N) is 3. The van der Waals surface area contributed by atoms with Crippen LogP contribution in [0.3, 0.4) is 0 Å². The van der Waals surface area contributed by atoms with Gasteiger partial charge in [-0.05, 0) is 59.0 Å². The predicted octanol–water partition coefficient (Wildman–Crippen LogP) is 3.07. The minimum Gasteiger partial charge on any atom is -0.493 e. The van der Waals surface area contributed by atoms with Crippen molar-refractivity contribution < 1.29 is 19.1 Å². The van der Waals surface area contributed by atoms with E-state index in [2.05, 4.69) is 36.3 Å². The highest BCUT2D eigenvalue weighted by Crippen LogP contribution is 2.29. The Hall–Kier alpha value is -4.48. The summed E-state index contributed by atoms with van der Waals surface area (Å²) in [5, 5.41) is 20.1. The summed E-state index contributed by atoms with van der Waals surface area (Å²) in [5.41, 5.74) is 8.58. The number of ether oxygens (including phenoxy) is 2. The van der Waals surface area contributed by atoms with Gasteiger partial charge in [-0.3, -0.25) is 9.59 Å². The van der Waals surface area contributed by atoms with Crippen LogP contribution in [-0.2, 0) is 16.0 Å². The van der Waals surface area contributed by atoms with Crippen LogP contribution in [-0.4, -0.2) is 58.7 Å². The lowest BCUT2D eigenvalue weighted by molar-refractivity contribution is -0.124. The fourth-order valence-corrected chi connectivity index (χ4v) is 5.17. The van der Waals surface area contributed by atoms with Crippen LogP contribution < -0.4 is 25.8 Å². The van der Waals surface area contributed by atoms with Crippen molar-refractivity contribution in [3.05, 3.63) is 53.6 Å². The highest BCUT2D eigenvalue weighted by molar-refractivity contribution is 5.95. The van der Waals surface area contributed by atoms with E-state index in [4.69, 9.17) is 15.2 Å². The first-order chi connectivity index (χ1) is 19.9. The number of aliphatic imine (C=N–C) groups is 1. The Morgan fingerprint density at radius 1 is 1.07 bits per heavy atom. The number of nitrogens with two attached hydrogens (primary N) is 1. The first-order valence-corrected chi connectivity index (χ1v) is 13.8. The third-order valence-electron chi connectivity index (χ3n) is 7.35. The number of amides is 2. The van der Waals surface area contributed by atoms with Gasteiger partial charge in [0.25, 0.3) is 5.91 Å². The number of benzene rings is 2. The maximum absolute atomic E-state index is 13.5. The zero-order valence-electron chi connectivity index (χ0n) is 23.7. The normalized spacial score (nSPS) is 15.5. The monoisotopic (exact) mass is 562 g/mol. The molecule has 0 bridgehead atoms. The Balaban J connectivity index is 1.44. The molecule has 2 atom stereocenters. The Morgan fingerprint density at radius 2 is 1.85 bits per heavy atom. The largest absolute Gasteiger partial charge is 0.493 e. The van der Waals surface area contributed by atoms with Crippen LogP contribution >= 0.6 is 0 Å². The third-order valence-corrected chi connectivity index (χ3v) is 7.35. The van der Waals surface area contributed by atoms with E-state index in [-0.39, 0.29) is 24.3 Å². The minimum atomic E-state index is -0.639. The molecule has 0 saturated heterocycles. The summed E-state index contributed by atoms with van der Waals surface area (Å²) in [6.45, 7) is 1.91. The van der Waals surface area contributed by atoms with Crippen LogP contribution in [0.5, 0.6) is 11.5 Å². The van der Waals surface area contributed by atoms with Gasteiger partial charge in [-0.25, -0.2) is 5.10 Å². The molecule has 2 amide bonds. The fourth-order valence-electron chi connectivity index (χ4n) is 5.17. The molecule has 1 fully saturated rings. The molecule has 3 aromatic rings. The predicted molar refractivity (Wildman–Crippen MR) is 154 cm³/mol. The molecule has 1 aromatic heterocycles. The molecular weight excluding hydrogens is 524 g/mol. The van der Waals surface area contributed by atoms with E-state index in [1.807, 2.05) is 31.2 Å². The fraction of sp³-hybridized carbons (Fsp3) is 0.448. The van der Waals surface area contributed by atoms with Crippen molar-refractivity contribution >= 4 is 17.8 Å². The average Bonchev–Trinajstić information content (AvgIpc) is 3.52. The summed E-state index contributed by atoms with van der Waals surface area (Å²) in [5.74, 6) is 1.30. The van der Waals surface area contributed by atoms with Crippen LogP contribution in [0.2, 0.25) is 0 Å². The number of hydrogen-bond acceptors (Lipinski definition) is 7. The lowest BCUT2D eigenvalue weighted by Gasteiger charge is -2.28. The standard InChI is InChI=1S/C29H38N8O4/c1-18(21-10-7-11-22(17-21)27-34-36-37-35-27)31-28(39)23(14-19-8-5-4-6-9-19)32-29(30)33-26(38)16-20-12-13-24(40-2)25(15-20)41-3/h7,10-13,15,17-19,23H,4-6,8-9,14,16H2,1-3H3,(H,31,39)(H3,30,32,33,38)(H,34,35,36,37). The number of aromatic amines is 1. The Morgan fingerprint density at radius 3 is 2.56 bits per heavy atom. The average molecular weight is 563 g/mol. The topological polar surface area (TPSA) is 170 Å². The summed E-state index contributed by atoms with van der Waals surface area (Å²) < 4.78 is 10.6. The highest BCUT2D eigenvalue weighted by Gasteiger charge is 2.26. The molecule has 4 rings (SSSR count). The van der Waals surface area contributed by atoms with E-state index >= 15 is 0 Å². The Bertz CT molecular complexity index is 1340. The molecule has 1 aliphatic carbocycles. The lowest BCUT2D eigenvalue weighted by Crippen LogP contribution is -2.50. The number of tetrazole rings is 1. The van der Waals surface area contributed by atoms with E-state index in [0.29, 0.717) is 35.2 Å². The van der Waals surface area contributed by atoms with Crippen molar-refractivity contribution in [2.24, 2.45) is 16.6 Å². The molecule has 1 saturated carbocycles. The maximum Gasteiger partial charge on any atom is 0.253 e. The van der Waals surface area contributed by atoms with E-state index < -0.39 is 11.9 Å². The number of H-pyrrole nitrogens is 1. The van der Waals surface area contributed by atoms with Crippen molar-refractivity contribution in [3.63, 3.8) is 0 Å². The Labute approximate surface area is 239 Å². The number of carbonyl (C=O) groups excluding carboxylic acids is 2. The van der Waals surface area contributed by atoms with Gasteiger partial charge in [-0.2, -0.15) is 4.99 Å². The number of rotatable bonds is 11.